The molecule has 0 fully saturated rings. The molecule has 0 radical (unpaired) electrons. The van der Waals surface area contributed by atoms with Crippen molar-refractivity contribution in [1.82, 2.24) is 5.32 Å². The second kappa shape index (κ2) is 7.58. The van der Waals surface area contributed by atoms with Crippen molar-refractivity contribution in [2.45, 2.75) is 18.6 Å². The Labute approximate surface area is 98.1 Å². The highest BCUT2D eigenvalue weighted by atomic mass is 16.5. The number of ether oxygens (including phenoxy) is 2. The van der Waals surface area contributed by atoms with E-state index in [-0.39, 0.29) is 6.54 Å². The smallest absolute Gasteiger partial charge is 0.326 e. The van der Waals surface area contributed by atoms with Gasteiger partial charge in [-0.25, -0.2) is 4.79 Å². The third-order valence-electron chi connectivity index (χ3n) is 2.00. The van der Waals surface area contributed by atoms with E-state index in [1.807, 2.05) is 0 Å². The van der Waals surface area contributed by atoms with Gasteiger partial charge in [0.25, 0.3) is 5.91 Å². The Bertz CT molecular complexity index is 289. The van der Waals surface area contributed by atoms with Crippen LogP contribution in [0.2, 0.25) is 0 Å². The van der Waals surface area contributed by atoms with Crippen molar-refractivity contribution in [2.75, 3.05) is 20.8 Å². The highest BCUT2D eigenvalue weighted by Gasteiger charge is 2.26. The number of esters is 1. The van der Waals surface area contributed by atoms with E-state index in [2.05, 4.69) is 10.1 Å². The molecule has 4 N–H and O–H groups in total. The van der Waals surface area contributed by atoms with Crippen LogP contribution in [0.1, 0.15) is 6.42 Å². The molecule has 0 bridgehead atoms. The zero-order chi connectivity index (χ0) is 13.4. The van der Waals surface area contributed by atoms with Crippen LogP contribution in [0.25, 0.3) is 0 Å². The number of hydrogen-bond donors (Lipinski definition) is 3. The van der Waals surface area contributed by atoms with Gasteiger partial charge in [-0.1, -0.05) is 0 Å². The normalized spacial score (nSPS) is 13.6. The fourth-order valence-corrected chi connectivity index (χ4v) is 1.03. The summed E-state index contributed by atoms with van der Waals surface area (Å²) in [6.07, 6.45) is -1.41. The predicted octanol–water partition coefficient (Wildman–Crippen LogP) is -1.91. The van der Waals surface area contributed by atoms with Gasteiger partial charge in [0.2, 0.25) is 0 Å². The number of nitrogens with two attached hydrogens (primary N) is 1. The van der Waals surface area contributed by atoms with E-state index in [1.165, 1.54) is 7.11 Å². The standard InChI is InChI=1S/C9H16N2O6/c1-16-6(4-10)8(13)11-5(9(14)15)3-7(12)17-2/h5-6H,3-4,10H2,1-2H3,(H,11,13)(H,14,15)/t5-,6?/m0/s1. The molecule has 17 heavy (non-hydrogen) atoms. The van der Waals surface area contributed by atoms with Crippen LogP contribution < -0.4 is 11.1 Å². The molecule has 0 spiro atoms. The number of hydrogen-bond acceptors (Lipinski definition) is 6. The van der Waals surface area contributed by atoms with Gasteiger partial charge in [0.1, 0.15) is 12.1 Å². The molecule has 98 valence electrons. The molecule has 1 amide bonds. The molecule has 0 saturated carbocycles. The average Bonchev–Trinajstić information content (AvgIpc) is 2.29. The first-order chi connectivity index (χ1) is 7.96. The minimum atomic E-state index is -1.36. The lowest BCUT2D eigenvalue weighted by molar-refractivity contribution is -0.149. The number of carbonyl (C=O) groups is 3. The number of aliphatic carboxylic acids is 1. The van der Waals surface area contributed by atoms with Crippen molar-refractivity contribution < 1.29 is 29.0 Å². The lowest BCUT2D eigenvalue weighted by Crippen LogP contribution is -2.49. The molecule has 2 atom stereocenters. The summed E-state index contributed by atoms with van der Waals surface area (Å²) in [6.45, 7) is -0.0904. The molecule has 0 aromatic heterocycles. The second-order valence-electron chi connectivity index (χ2n) is 3.14. The minimum absolute atomic E-state index is 0.0904. The number of carbonyl (C=O) groups excluding carboxylic acids is 2. The molecule has 1 unspecified atom stereocenters. The molecule has 0 aliphatic carbocycles. The first-order valence-electron chi connectivity index (χ1n) is 4.79. The van der Waals surface area contributed by atoms with Crippen molar-refractivity contribution >= 4 is 17.8 Å². The fourth-order valence-electron chi connectivity index (χ4n) is 1.03. The SMILES string of the molecule is COC(=O)C[C@H](NC(=O)C(CN)OC)C(=O)O. The molecule has 8 nitrogen and oxygen atoms in total. The summed E-state index contributed by atoms with van der Waals surface area (Å²) in [5, 5.41) is 10.9. The maximum atomic E-state index is 11.5. The van der Waals surface area contributed by atoms with E-state index in [0.29, 0.717) is 0 Å². The van der Waals surface area contributed by atoms with Gasteiger partial charge in [-0.05, 0) is 0 Å². The van der Waals surface area contributed by atoms with E-state index >= 15 is 0 Å². The lowest BCUT2D eigenvalue weighted by atomic mass is 10.2. The zero-order valence-corrected chi connectivity index (χ0v) is 9.63. The molecule has 0 aliphatic heterocycles. The molecule has 0 aromatic carbocycles. The van der Waals surface area contributed by atoms with E-state index in [0.717, 1.165) is 7.11 Å². The van der Waals surface area contributed by atoms with Crippen LogP contribution in [0.15, 0.2) is 0 Å². The van der Waals surface area contributed by atoms with Crippen molar-refractivity contribution in [3.05, 3.63) is 0 Å². The zero-order valence-electron chi connectivity index (χ0n) is 9.63. The highest BCUT2D eigenvalue weighted by molar-refractivity contribution is 5.89. The third-order valence-corrected chi connectivity index (χ3v) is 2.00. The van der Waals surface area contributed by atoms with Crippen LogP contribution in [-0.4, -0.2) is 55.9 Å². The van der Waals surface area contributed by atoms with Crippen LogP contribution in [-0.2, 0) is 23.9 Å². The highest BCUT2D eigenvalue weighted by Crippen LogP contribution is 1.97. The maximum Gasteiger partial charge on any atom is 0.326 e. The Morgan fingerprint density at radius 2 is 1.94 bits per heavy atom. The second-order valence-corrected chi connectivity index (χ2v) is 3.14. The van der Waals surface area contributed by atoms with E-state index in [1.54, 1.807) is 0 Å². The minimum Gasteiger partial charge on any atom is -0.480 e. The van der Waals surface area contributed by atoms with Crippen molar-refractivity contribution in [3.8, 4) is 0 Å². The molecule has 0 heterocycles. The number of methoxy groups -OCH3 is 2. The Kier molecular flexibility index (Phi) is 6.83. The summed E-state index contributed by atoms with van der Waals surface area (Å²) < 4.78 is 9.04. The maximum absolute atomic E-state index is 11.5. The van der Waals surface area contributed by atoms with Gasteiger partial charge in [-0.2, -0.15) is 0 Å². The predicted molar refractivity (Wildman–Crippen MR) is 56.1 cm³/mol. The summed E-state index contributed by atoms with van der Waals surface area (Å²) in [7, 11) is 2.40. The first-order valence-corrected chi connectivity index (χ1v) is 4.79. The van der Waals surface area contributed by atoms with Crippen LogP contribution in [0.3, 0.4) is 0 Å². The summed E-state index contributed by atoms with van der Waals surface area (Å²) >= 11 is 0. The summed E-state index contributed by atoms with van der Waals surface area (Å²) in [6, 6.07) is -1.36. The van der Waals surface area contributed by atoms with Crippen LogP contribution in [0.4, 0.5) is 0 Å². The Hall–Kier alpha value is -1.67. The molecule has 0 aromatic rings. The van der Waals surface area contributed by atoms with E-state index < -0.39 is 36.4 Å². The fraction of sp³-hybridized carbons (Fsp3) is 0.667. The molecule has 0 saturated heterocycles. The molecular weight excluding hydrogens is 232 g/mol. The summed E-state index contributed by atoms with van der Waals surface area (Å²) in [5.74, 6) is -2.76. The topological polar surface area (TPSA) is 128 Å². The Balaban J connectivity index is 4.49. The largest absolute Gasteiger partial charge is 0.480 e. The van der Waals surface area contributed by atoms with Gasteiger partial charge in [0.15, 0.2) is 0 Å². The van der Waals surface area contributed by atoms with Crippen LogP contribution in [0.5, 0.6) is 0 Å². The van der Waals surface area contributed by atoms with Gasteiger partial charge in [0, 0.05) is 13.7 Å². The van der Waals surface area contributed by atoms with E-state index in [4.69, 9.17) is 15.6 Å². The van der Waals surface area contributed by atoms with Crippen LogP contribution >= 0.6 is 0 Å². The number of carboxylic acid groups (broad SMARTS) is 1. The quantitative estimate of drug-likeness (QED) is 0.448. The van der Waals surface area contributed by atoms with Crippen molar-refractivity contribution in [2.24, 2.45) is 5.73 Å². The number of carboxylic acids is 1. The summed E-state index contributed by atoms with van der Waals surface area (Å²) in [4.78, 5) is 33.2. The Morgan fingerprint density at radius 1 is 1.35 bits per heavy atom. The van der Waals surface area contributed by atoms with Gasteiger partial charge in [-0.15, -0.1) is 0 Å². The lowest BCUT2D eigenvalue weighted by Gasteiger charge is -2.17. The third kappa shape index (κ3) is 5.27. The van der Waals surface area contributed by atoms with Gasteiger partial charge in [-0.3, -0.25) is 9.59 Å². The van der Waals surface area contributed by atoms with Crippen LogP contribution in [0, 0.1) is 0 Å². The van der Waals surface area contributed by atoms with Crippen molar-refractivity contribution in [3.63, 3.8) is 0 Å². The van der Waals surface area contributed by atoms with Gasteiger partial charge < -0.3 is 25.6 Å². The van der Waals surface area contributed by atoms with Gasteiger partial charge in [0.05, 0.1) is 13.5 Å². The molecule has 8 heteroatoms. The molecule has 0 aliphatic rings. The average molecular weight is 248 g/mol. The molecular formula is C9H16N2O6. The first kappa shape index (κ1) is 15.3. The van der Waals surface area contributed by atoms with Gasteiger partial charge >= 0.3 is 11.9 Å². The molecule has 0 rings (SSSR count). The number of nitrogens with one attached hydrogen (secondary N) is 1. The number of rotatable bonds is 7. The summed E-state index contributed by atoms with van der Waals surface area (Å²) in [5.41, 5.74) is 5.24. The van der Waals surface area contributed by atoms with E-state index in [9.17, 15) is 14.4 Å². The number of amides is 1. The van der Waals surface area contributed by atoms with Crippen molar-refractivity contribution in [1.29, 1.82) is 0 Å². The Morgan fingerprint density at radius 3 is 2.29 bits per heavy atom. The monoisotopic (exact) mass is 248 g/mol.